The maximum Gasteiger partial charge on any atom is 0.168 e. The van der Waals surface area contributed by atoms with Gasteiger partial charge in [-0.15, -0.1) is 0 Å². The van der Waals surface area contributed by atoms with Gasteiger partial charge in [0, 0.05) is 31.5 Å². The summed E-state index contributed by atoms with van der Waals surface area (Å²) in [5.74, 6) is 0.483. The van der Waals surface area contributed by atoms with E-state index in [1.54, 1.807) is 0 Å². The summed E-state index contributed by atoms with van der Waals surface area (Å²) in [5.41, 5.74) is 6.02. The van der Waals surface area contributed by atoms with E-state index in [0.29, 0.717) is 12.0 Å². The summed E-state index contributed by atoms with van der Waals surface area (Å²) in [7, 11) is 0. The maximum absolute atomic E-state index is 6.02. The second kappa shape index (κ2) is 5.08. The zero-order chi connectivity index (χ0) is 12.6. The average molecular weight is 254 g/mol. The van der Waals surface area contributed by atoms with Crippen molar-refractivity contribution >= 4 is 0 Å². The van der Waals surface area contributed by atoms with Crippen LogP contribution in [0.1, 0.15) is 39.0 Å². The quantitative estimate of drug-likeness (QED) is 0.808. The summed E-state index contributed by atoms with van der Waals surface area (Å²) in [5, 5.41) is 0. The van der Waals surface area contributed by atoms with E-state index in [2.05, 4.69) is 11.8 Å². The first-order valence-electron chi connectivity index (χ1n) is 7.46. The Labute approximate surface area is 110 Å². The van der Waals surface area contributed by atoms with Crippen molar-refractivity contribution < 1.29 is 9.47 Å². The van der Waals surface area contributed by atoms with Crippen molar-refractivity contribution in [3.63, 3.8) is 0 Å². The lowest BCUT2D eigenvalue weighted by molar-refractivity contribution is -0.183. The van der Waals surface area contributed by atoms with Crippen LogP contribution in [0.2, 0.25) is 0 Å². The molecule has 1 saturated carbocycles. The van der Waals surface area contributed by atoms with E-state index in [1.807, 2.05) is 0 Å². The zero-order valence-electron chi connectivity index (χ0n) is 11.4. The van der Waals surface area contributed by atoms with E-state index in [0.717, 1.165) is 32.1 Å². The van der Waals surface area contributed by atoms with Gasteiger partial charge in [0.15, 0.2) is 5.79 Å². The highest BCUT2D eigenvalue weighted by Gasteiger charge is 2.42. The van der Waals surface area contributed by atoms with Gasteiger partial charge >= 0.3 is 0 Å². The fraction of sp³-hybridized carbons (Fsp3) is 1.00. The van der Waals surface area contributed by atoms with Crippen LogP contribution in [-0.2, 0) is 9.47 Å². The SMILES string of the molecule is CC(N)C1CCN(C2CCC3(CC2)OCCO3)C1. The van der Waals surface area contributed by atoms with Crippen LogP contribution >= 0.6 is 0 Å². The molecule has 2 atom stereocenters. The van der Waals surface area contributed by atoms with Gasteiger partial charge in [0.1, 0.15) is 0 Å². The molecule has 0 bridgehead atoms. The third-order valence-corrected chi connectivity index (χ3v) is 5.05. The van der Waals surface area contributed by atoms with Gasteiger partial charge in [-0.2, -0.15) is 0 Å². The Balaban J connectivity index is 1.51. The predicted octanol–water partition coefficient (Wildman–Crippen LogP) is 1.34. The fourth-order valence-corrected chi connectivity index (χ4v) is 3.77. The Morgan fingerprint density at radius 2 is 1.83 bits per heavy atom. The van der Waals surface area contributed by atoms with Crippen LogP contribution in [-0.4, -0.2) is 49.1 Å². The molecule has 4 nitrogen and oxygen atoms in total. The van der Waals surface area contributed by atoms with Gasteiger partial charge in [-0.1, -0.05) is 0 Å². The molecule has 1 aliphatic carbocycles. The van der Waals surface area contributed by atoms with E-state index in [-0.39, 0.29) is 5.79 Å². The first-order chi connectivity index (χ1) is 8.69. The number of rotatable bonds is 2. The van der Waals surface area contributed by atoms with Gasteiger partial charge in [-0.25, -0.2) is 0 Å². The molecule has 3 rings (SSSR count). The molecule has 2 aliphatic heterocycles. The minimum atomic E-state index is -0.212. The smallest absolute Gasteiger partial charge is 0.168 e. The Kier molecular flexibility index (Phi) is 3.63. The largest absolute Gasteiger partial charge is 0.348 e. The number of hydrogen-bond donors (Lipinski definition) is 1. The predicted molar refractivity (Wildman–Crippen MR) is 70.2 cm³/mol. The molecule has 0 aromatic rings. The molecule has 0 amide bonds. The average Bonchev–Trinajstić information content (AvgIpc) is 3.00. The summed E-state index contributed by atoms with van der Waals surface area (Å²) in [6, 6.07) is 1.07. The Morgan fingerprint density at radius 1 is 1.17 bits per heavy atom. The first-order valence-corrected chi connectivity index (χ1v) is 7.46. The molecule has 0 aromatic heterocycles. The lowest BCUT2D eigenvalue weighted by Crippen LogP contribution is -2.44. The molecule has 0 radical (unpaired) electrons. The van der Waals surface area contributed by atoms with Crippen LogP contribution in [0.25, 0.3) is 0 Å². The molecule has 2 saturated heterocycles. The minimum absolute atomic E-state index is 0.212. The highest BCUT2D eigenvalue weighted by Crippen LogP contribution is 2.38. The molecule has 1 spiro atoms. The van der Waals surface area contributed by atoms with Gasteiger partial charge in [0.05, 0.1) is 13.2 Å². The number of nitrogens with zero attached hydrogens (tertiary/aromatic N) is 1. The molecular weight excluding hydrogens is 228 g/mol. The highest BCUT2D eigenvalue weighted by atomic mass is 16.7. The molecule has 104 valence electrons. The second-order valence-electron chi connectivity index (χ2n) is 6.24. The van der Waals surface area contributed by atoms with Crippen molar-refractivity contribution in [2.75, 3.05) is 26.3 Å². The number of likely N-dealkylation sites (tertiary alicyclic amines) is 1. The van der Waals surface area contributed by atoms with E-state index in [4.69, 9.17) is 15.2 Å². The normalized spacial score (nSPS) is 35.3. The van der Waals surface area contributed by atoms with E-state index in [9.17, 15) is 0 Å². The number of nitrogens with two attached hydrogens (primary N) is 1. The summed E-state index contributed by atoms with van der Waals surface area (Å²) < 4.78 is 11.6. The molecule has 18 heavy (non-hydrogen) atoms. The van der Waals surface area contributed by atoms with Crippen molar-refractivity contribution in [2.45, 2.75) is 56.9 Å². The van der Waals surface area contributed by atoms with Crippen LogP contribution in [0, 0.1) is 5.92 Å². The molecular formula is C14H26N2O2. The van der Waals surface area contributed by atoms with Crippen LogP contribution in [0.3, 0.4) is 0 Å². The topological polar surface area (TPSA) is 47.7 Å². The molecule has 4 heteroatoms. The monoisotopic (exact) mass is 254 g/mol. The van der Waals surface area contributed by atoms with Crippen molar-refractivity contribution in [3.05, 3.63) is 0 Å². The number of hydrogen-bond acceptors (Lipinski definition) is 4. The van der Waals surface area contributed by atoms with Gasteiger partial charge in [-0.05, 0) is 38.6 Å². The van der Waals surface area contributed by atoms with Gasteiger partial charge in [0.25, 0.3) is 0 Å². The first kappa shape index (κ1) is 12.9. The molecule has 2 heterocycles. The van der Waals surface area contributed by atoms with Crippen molar-refractivity contribution in [1.82, 2.24) is 4.90 Å². The van der Waals surface area contributed by atoms with Crippen LogP contribution in [0.5, 0.6) is 0 Å². The van der Waals surface area contributed by atoms with Crippen LogP contribution in [0.4, 0.5) is 0 Å². The summed E-state index contributed by atoms with van der Waals surface area (Å²) in [6.07, 6.45) is 5.83. The van der Waals surface area contributed by atoms with Gasteiger partial charge < -0.3 is 20.1 Å². The van der Waals surface area contributed by atoms with Crippen LogP contribution in [0.15, 0.2) is 0 Å². The van der Waals surface area contributed by atoms with Gasteiger partial charge in [-0.3, -0.25) is 0 Å². The third-order valence-electron chi connectivity index (χ3n) is 5.05. The summed E-state index contributed by atoms with van der Waals surface area (Å²) in [6.45, 7) is 6.12. The fourth-order valence-electron chi connectivity index (χ4n) is 3.77. The summed E-state index contributed by atoms with van der Waals surface area (Å²) in [4.78, 5) is 2.65. The minimum Gasteiger partial charge on any atom is -0.348 e. The van der Waals surface area contributed by atoms with Crippen molar-refractivity contribution in [2.24, 2.45) is 11.7 Å². The Bertz CT molecular complexity index is 280. The Morgan fingerprint density at radius 3 is 2.39 bits per heavy atom. The second-order valence-corrected chi connectivity index (χ2v) is 6.24. The standard InChI is InChI=1S/C14H26N2O2/c1-11(15)12-4-7-16(10-12)13-2-5-14(6-3-13)17-8-9-18-14/h11-13H,2-10,15H2,1H3. The highest BCUT2D eigenvalue weighted by molar-refractivity contribution is 4.90. The number of ether oxygens (including phenoxy) is 2. The molecule has 2 unspecified atom stereocenters. The lowest BCUT2D eigenvalue weighted by Gasteiger charge is -2.39. The molecule has 3 fully saturated rings. The summed E-state index contributed by atoms with van der Waals surface area (Å²) >= 11 is 0. The van der Waals surface area contributed by atoms with Crippen molar-refractivity contribution in [1.29, 1.82) is 0 Å². The van der Waals surface area contributed by atoms with E-state index >= 15 is 0 Å². The van der Waals surface area contributed by atoms with E-state index in [1.165, 1.54) is 32.4 Å². The maximum atomic E-state index is 6.02. The van der Waals surface area contributed by atoms with E-state index < -0.39 is 0 Å². The molecule has 2 N–H and O–H groups in total. The third kappa shape index (κ3) is 2.44. The van der Waals surface area contributed by atoms with Crippen molar-refractivity contribution in [3.8, 4) is 0 Å². The van der Waals surface area contributed by atoms with Gasteiger partial charge in [0.2, 0.25) is 0 Å². The zero-order valence-corrected chi connectivity index (χ0v) is 11.4. The molecule has 0 aromatic carbocycles. The Hall–Kier alpha value is -0.160. The lowest BCUT2D eigenvalue weighted by atomic mass is 9.89. The van der Waals surface area contributed by atoms with Crippen LogP contribution < -0.4 is 5.73 Å². The molecule has 3 aliphatic rings.